The molecule has 0 unspecified atom stereocenters. The Morgan fingerprint density at radius 2 is 1.95 bits per heavy atom. The first-order valence-corrected chi connectivity index (χ1v) is 7.60. The molecule has 1 rings (SSSR count). The first kappa shape index (κ1) is 17.5. The van der Waals surface area contributed by atoms with Gasteiger partial charge < -0.3 is 10.1 Å². The zero-order valence-corrected chi connectivity index (χ0v) is 13.7. The highest BCUT2D eigenvalue weighted by Crippen LogP contribution is 2.09. The van der Waals surface area contributed by atoms with Gasteiger partial charge in [0.05, 0.1) is 12.1 Å². The monoisotopic (exact) mass is 292 g/mol. The maximum Gasteiger partial charge on any atom is 0.407 e. The van der Waals surface area contributed by atoms with Gasteiger partial charge in [-0.1, -0.05) is 43.7 Å². The smallest absolute Gasteiger partial charge is 0.407 e. The molecular weight excluding hydrogens is 264 g/mol. The third-order valence-corrected chi connectivity index (χ3v) is 3.13. The Hall–Kier alpha value is -1.55. The first-order chi connectivity index (χ1) is 9.93. The molecule has 0 aliphatic heterocycles. The molecule has 118 valence electrons. The van der Waals surface area contributed by atoms with Crippen molar-refractivity contribution in [3.05, 3.63) is 35.9 Å². The highest BCUT2D eigenvalue weighted by Gasteiger charge is 2.23. The molecule has 0 bridgehead atoms. The average Bonchev–Trinajstić information content (AvgIpc) is 2.38. The molecule has 0 heterocycles. The van der Waals surface area contributed by atoms with E-state index in [0.29, 0.717) is 6.61 Å². The minimum Gasteiger partial charge on any atom is -0.450 e. The Kier molecular flexibility index (Phi) is 7.23. The van der Waals surface area contributed by atoms with Crippen LogP contribution in [0.15, 0.2) is 30.3 Å². The topological polar surface area (TPSA) is 41.6 Å². The fraction of sp³-hybridized carbons (Fsp3) is 0.588. The second kappa shape index (κ2) is 8.67. The van der Waals surface area contributed by atoms with Gasteiger partial charge in [-0.25, -0.2) is 4.79 Å². The average molecular weight is 292 g/mol. The molecule has 0 aliphatic rings. The van der Waals surface area contributed by atoms with E-state index in [1.54, 1.807) is 0 Å². The van der Waals surface area contributed by atoms with Crippen LogP contribution in [0.25, 0.3) is 0 Å². The number of hydrogen-bond donors (Lipinski definition) is 1. The summed E-state index contributed by atoms with van der Waals surface area (Å²) in [6.07, 6.45) is 1.60. The van der Waals surface area contributed by atoms with Crippen molar-refractivity contribution in [2.45, 2.75) is 45.7 Å². The minimum absolute atomic E-state index is 0.327. The number of rotatable bonds is 8. The molecule has 21 heavy (non-hydrogen) atoms. The number of carbonyl (C=O) groups is 1. The summed E-state index contributed by atoms with van der Waals surface area (Å²) in [4.78, 5) is 13.9. The van der Waals surface area contributed by atoms with Gasteiger partial charge in [0.25, 0.3) is 0 Å². The number of likely N-dealkylation sites (N-methyl/N-ethyl adjacent to an activating group) is 1. The van der Waals surface area contributed by atoms with Gasteiger partial charge in [0.1, 0.15) is 0 Å². The lowest BCUT2D eigenvalue weighted by molar-refractivity contribution is 0.127. The number of hydrogen-bond acceptors (Lipinski definition) is 3. The van der Waals surface area contributed by atoms with Crippen LogP contribution in [-0.2, 0) is 11.3 Å². The number of nitrogens with one attached hydrogen (secondary N) is 1. The fourth-order valence-electron chi connectivity index (χ4n) is 2.29. The van der Waals surface area contributed by atoms with Crippen LogP contribution >= 0.6 is 0 Å². The van der Waals surface area contributed by atoms with Crippen molar-refractivity contribution in [1.82, 2.24) is 10.2 Å². The summed E-state index contributed by atoms with van der Waals surface area (Å²) < 4.78 is 5.15. The van der Waals surface area contributed by atoms with Gasteiger partial charge in [0.2, 0.25) is 0 Å². The SMILES string of the molecule is CCCCOC(=O)NC(C)(C)CN(C)Cc1ccccc1. The van der Waals surface area contributed by atoms with Gasteiger partial charge in [0, 0.05) is 13.1 Å². The van der Waals surface area contributed by atoms with E-state index in [2.05, 4.69) is 36.3 Å². The van der Waals surface area contributed by atoms with Gasteiger partial charge >= 0.3 is 6.09 Å². The van der Waals surface area contributed by atoms with Crippen LogP contribution in [0.2, 0.25) is 0 Å². The van der Waals surface area contributed by atoms with Crippen LogP contribution < -0.4 is 5.32 Å². The molecule has 1 amide bonds. The lowest BCUT2D eigenvalue weighted by Gasteiger charge is -2.31. The lowest BCUT2D eigenvalue weighted by atomic mass is 10.1. The van der Waals surface area contributed by atoms with Crippen LogP contribution in [-0.4, -0.2) is 36.7 Å². The molecule has 4 heteroatoms. The van der Waals surface area contributed by atoms with E-state index < -0.39 is 0 Å². The molecule has 0 saturated carbocycles. The van der Waals surface area contributed by atoms with E-state index in [-0.39, 0.29) is 11.6 Å². The third-order valence-electron chi connectivity index (χ3n) is 3.13. The van der Waals surface area contributed by atoms with Crippen LogP contribution in [0.3, 0.4) is 0 Å². The van der Waals surface area contributed by atoms with Crippen molar-refractivity contribution in [2.75, 3.05) is 20.2 Å². The number of unbranched alkanes of at least 4 members (excludes halogenated alkanes) is 1. The summed E-state index contributed by atoms with van der Waals surface area (Å²) in [5.41, 5.74) is 0.939. The van der Waals surface area contributed by atoms with E-state index in [4.69, 9.17) is 4.74 Å². The maximum atomic E-state index is 11.7. The summed E-state index contributed by atoms with van der Waals surface area (Å²) in [5.74, 6) is 0. The van der Waals surface area contributed by atoms with Crippen molar-refractivity contribution in [1.29, 1.82) is 0 Å². The second-order valence-electron chi connectivity index (χ2n) is 6.16. The number of nitrogens with zero attached hydrogens (tertiary/aromatic N) is 1. The molecule has 0 spiro atoms. The standard InChI is InChI=1S/C17H28N2O2/c1-5-6-12-21-16(20)18-17(2,3)14-19(4)13-15-10-8-7-9-11-15/h7-11H,5-6,12-14H2,1-4H3,(H,18,20). The minimum atomic E-state index is -0.332. The summed E-state index contributed by atoms with van der Waals surface area (Å²) >= 11 is 0. The summed E-state index contributed by atoms with van der Waals surface area (Å²) in [7, 11) is 2.05. The molecule has 0 atom stereocenters. The molecule has 0 aromatic heterocycles. The van der Waals surface area contributed by atoms with Crippen molar-refractivity contribution < 1.29 is 9.53 Å². The Bertz CT molecular complexity index is 418. The number of ether oxygens (including phenoxy) is 1. The van der Waals surface area contributed by atoms with E-state index in [1.807, 2.05) is 32.0 Å². The number of amides is 1. The Morgan fingerprint density at radius 3 is 2.57 bits per heavy atom. The van der Waals surface area contributed by atoms with Gasteiger partial charge in [-0.15, -0.1) is 0 Å². The molecular formula is C17H28N2O2. The van der Waals surface area contributed by atoms with E-state index >= 15 is 0 Å². The molecule has 1 aromatic carbocycles. The normalized spacial score (nSPS) is 11.5. The van der Waals surface area contributed by atoms with Crippen molar-refractivity contribution in [3.8, 4) is 0 Å². The maximum absolute atomic E-state index is 11.7. The largest absolute Gasteiger partial charge is 0.450 e. The van der Waals surface area contributed by atoms with Gasteiger partial charge in [-0.05, 0) is 32.9 Å². The van der Waals surface area contributed by atoms with Gasteiger partial charge in [-0.2, -0.15) is 0 Å². The quantitative estimate of drug-likeness (QED) is 0.746. The zero-order valence-electron chi connectivity index (χ0n) is 13.7. The van der Waals surface area contributed by atoms with E-state index in [1.165, 1.54) is 5.56 Å². The fourth-order valence-corrected chi connectivity index (χ4v) is 2.29. The molecule has 1 N–H and O–H groups in total. The van der Waals surface area contributed by atoms with Crippen LogP contribution in [0.5, 0.6) is 0 Å². The van der Waals surface area contributed by atoms with E-state index in [0.717, 1.165) is 25.9 Å². The number of carbonyl (C=O) groups excluding carboxylic acids is 1. The predicted octanol–water partition coefficient (Wildman–Crippen LogP) is 3.42. The lowest BCUT2D eigenvalue weighted by Crippen LogP contribution is -2.50. The Balaban J connectivity index is 2.38. The van der Waals surface area contributed by atoms with E-state index in [9.17, 15) is 4.79 Å². The second-order valence-corrected chi connectivity index (χ2v) is 6.16. The predicted molar refractivity (Wildman–Crippen MR) is 86.2 cm³/mol. The molecule has 4 nitrogen and oxygen atoms in total. The zero-order chi connectivity index (χ0) is 15.7. The molecule has 0 fully saturated rings. The highest BCUT2D eigenvalue weighted by molar-refractivity contribution is 5.68. The number of alkyl carbamates (subject to hydrolysis) is 1. The van der Waals surface area contributed by atoms with Gasteiger partial charge in [-0.3, -0.25) is 4.90 Å². The summed E-state index contributed by atoms with van der Waals surface area (Å²) in [5, 5.41) is 2.93. The van der Waals surface area contributed by atoms with Crippen LogP contribution in [0, 0.1) is 0 Å². The molecule has 1 aromatic rings. The van der Waals surface area contributed by atoms with Crippen molar-refractivity contribution in [3.63, 3.8) is 0 Å². The van der Waals surface area contributed by atoms with Crippen molar-refractivity contribution in [2.24, 2.45) is 0 Å². The molecule has 0 saturated heterocycles. The highest BCUT2D eigenvalue weighted by atomic mass is 16.5. The summed E-state index contributed by atoms with van der Waals surface area (Å²) in [6, 6.07) is 10.3. The molecule has 0 radical (unpaired) electrons. The first-order valence-electron chi connectivity index (χ1n) is 7.60. The summed E-state index contributed by atoms with van der Waals surface area (Å²) in [6.45, 7) is 8.19. The third kappa shape index (κ3) is 7.71. The Morgan fingerprint density at radius 1 is 1.29 bits per heavy atom. The van der Waals surface area contributed by atoms with Crippen LogP contribution in [0.1, 0.15) is 39.2 Å². The molecule has 0 aliphatic carbocycles. The Labute approximate surface area is 128 Å². The van der Waals surface area contributed by atoms with Gasteiger partial charge in [0.15, 0.2) is 0 Å². The number of benzene rings is 1. The van der Waals surface area contributed by atoms with Crippen molar-refractivity contribution >= 4 is 6.09 Å². The van der Waals surface area contributed by atoms with Crippen LogP contribution in [0.4, 0.5) is 4.79 Å².